The number of aryl methyl sites for hydroxylation is 1. The average Bonchev–Trinajstić information content (AvgIpc) is 2.39. The molecule has 0 radical (unpaired) electrons. The molecular formula is C14H13ClN2O2. The fourth-order valence-electron chi connectivity index (χ4n) is 1.66. The highest BCUT2D eigenvalue weighted by Gasteiger charge is 2.10. The van der Waals surface area contributed by atoms with E-state index >= 15 is 0 Å². The van der Waals surface area contributed by atoms with Gasteiger partial charge in [0.2, 0.25) is 0 Å². The van der Waals surface area contributed by atoms with Crippen molar-refractivity contribution in [2.24, 2.45) is 0 Å². The van der Waals surface area contributed by atoms with Crippen molar-refractivity contribution >= 4 is 17.6 Å². The first-order valence-corrected chi connectivity index (χ1v) is 6.25. The van der Waals surface area contributed by atoms with Crippen LogP contribution in [-0.2, 0) is 4.74 Å². The Morgan fingerprint density at radius 3 is 2.58 bits per heavy atom. The second-order valence-electron chi connectivity index (χ2n) is 3.98. The maximum absolute atomic E-state index is 11.5. The summed E-state index contributed by atoms with van der Waals surface area (Å²) in [4.78, 5) is 19.9. The molecule has 1 aromatic carbocycles. The van der Waals surface area contributed by atoms with Crippen molar-refractivity contribution in [1.29, 1.82) is 0 Å². The third-order valence-corrected chi connectivity index (χ3v) is 2.83. The number of halogens is 1. The summed E-state index contributed by atoms with van der Waals surface area (Å²) in [5.41, 5.74) is 2.22. The van der Waals surface area contributed by atoms with Gasteiger partial charge in [-0.1, -0.05) is 11.6 Å². The zero-order chi connectivity index (χ0) is 13.8. The van der Waals surface area contributed by atoms with Gasteiger partial charge in [0.15, 0.2) is 5.82 Å². The van der Waals surface area contributed by atoms with Gasteiger partial charge in [0.05, 0.1) is 12.2 Å². The second-order valence-corrected chi connectivity index (χ2v) is 4.41. The Labute approximate surface area is 116 Å². The smallest absolute Gasteiger partial charge is 0.341 e. The Balaban J connectivity index is 2.30. The normalized spacial score (nSPS) is 10.3. The third-order valence-electron chi connectivity index (χ3n) is 2.59. The molecule has 4 nitrogen and oxygen atoms in total. The number of hydrogen-bond donors (Lipinski definition) is 0. The van der Waals surface area contributed by atoms with E-state index in [-0.39, 0.29) is 0 Å². The van der Waals surface area contributed by atoms with Crippen LogP contribution in [0.25, 0.3) is 11.4 Å². The Bertz CT molecular complexity index is 597. The van der Waals surface area contributed by atoms with E-state index in [9.17, 15) is 4.79 Å². The summed E-state index contributed by atoms with van der Waals surface area (Å²) >= 11 is 5.90. The minimum absolute atomic E-state index is 0.330. The van der Waals surface area contributed by atoms with E-state index in [2.05, 4.69) is 9.97 Å². The molecule has 1 aromatic heterocycles. The first-order valence-electron chi connectivity index (χ1n) is 5.87. The van der Waals surface area contributed by atoms with Crippen LogP contribution in [0.3, 0.4) is 0 Å². The lowest BCUT2D eigenvalue weighted by molar-refractivity contribution is 0.0525. The first kappa shape index (κ1) is 13.5. The maximum atomic E-state index is 11.5. The van der Waals surface area contributed by atoms with Crippen molar-refractivity contribution in [1.82, 2.24) is 9.97 Å². The molecule has 0 fully saturated rings. The monoisotopic (exact) mass is 276 g/mol. The summed E-state index contributed by atoms with van der Waals surface area (Å²) in [7, 11) is 0. The van der Waals surface area contributed by atoms with Gasteiger partial charge in [-0.05, 0) is 37.6 Å². The van der Waals surface area contributed by atoms with Gasteiger partial charge in [-0.3, -0.25) is 0 Å². The lowest BCUT2D eigenvalue weighted by Gasteiger charge is -2.05. The van der Waals surface area contributed by atoms with E-state index < -0.39 is 5.97 Å². The summed E-state index contributed by atoms with van der Waals surface area (Å²) in [6, 6.07) is 5.49. The number of aromatic nitrogens is 2. The molecular weight excluding hydrogens is 264 g/mol. The highest BCUT2D eigenvalue weighted by atomic mass is 35.5. The molecule has 5 heteroatoms. The molecule has 0 aliphatic rings. The predicted octanol–water partition coefficient (Wildman–Crippen LogP) is 3.28. The molecule has 0 unspecified atom stereocenters. The number of carbonyl (C=O) groups is 1. The quantitative estimate of drug-likeness (QED) is 0.807. The van der Waals surface area contributed by atoms with Gasteiger partial charge in [0, 0.05) is 23.0 Å². The molecule has 0 saturated heterocycles. The summed E-state index contributed by atoms with van der Waals surface area (Å²) in [5.74, 6) is 0.143. The molecule has 0 bridgehead atoms. The number of carbonyl (C=O) groups excluding carboxylic acids is 1. The minimum Gasteiger partial charge on any atom is -0.462 e. The number of ether oxygens (including phenoxy) is 1. The molecule has 0 saturated carbocycles. The van der Waals surface area contributed by atoms with Crippen LogP contribution in [0.4, 0.5) is 0 Å². The van der Waals surface area contributed by atoms with Crippen LogP contribution in [-0.4, -0.2) is 22.5 Å². The average molecular weight is 277 g/mol. The number of rotatable bonds is 3. The lowest BCUT2D eigenvalue weighted by Crippen LogP contribution is -2.06. The Kier molecular flexibility index (Phi) is 4.12. The van der Waals surface area contributed by atoms with Gasteiger partial charge in [-0.2, -0.15) is 0 Å². The lowest BCUT2D eigenvalue weighted by atomic mass is 10.1. The molecule has 1 heterocycles. The molecule has 2 aromatic rings. The van der Waals surface area contributed by atoms with Gasteiger partial charge in [-0.15, -0.1) is 0 Å². The number of benzene rings is 1. The van der Waals surface area contributed by atoms with Crippen molar-refractivity contribution in [3.8, 4) is 11.4 Å². The second kappa shape index (κ2) is 5.80. The zero-order valence-electron chi connectivity index (χ0n) is 10.7. The van der Waals surface area contributed by atoms with E-state index in [0.29, 0.717) is 23.0 Å². The van der Waals surface area contributed by atoms with E-state index in [1.807, 2.05) is 19.1 Å². The van der Waals surface area contributed by atoms with Crippen molar-refractivity contribution in [3.05, 3.63) is 46.7 Å². The summed E-state index contributed by atoms with van der Waals surface area (Å²) in [6.07, 6.45) is 2.93. The molecule has 0 aliphatic heterocycles. The maximum Gasteiger partial charge on any atom is 0.341 e. The zero-order valence-corrected chi connectivity index (χ0v) is 11.4. The van der Waals surface area contributed by atoms with Gasteiger partial charge >= 0.3 is 5.97 Å². The van der Waals surface area contributed by atoms with Crippen LogP contribution < -0.4 is 0 Å². The number of nitrogens with zero attached hydrogens (tertiary/aromatic N) is 2. The topological polar surface area (TPSA) is 52.1 Å². The van der Waals surface area contributed by atoms with Crippen molar-refractivity contribution < 1.29 is 9.53 Å². The molecule has 0 atom stereocenters. The molecule has 0 N–H and O–H groups in total. The minimum atomic E-state index is -0.415. The van der Waals surface area contributed by atoms with Gasteiger partial charge in [0.1, 0.15) is 0 Å². The largest absolute Gasteiger partial charge is 0.462 e. The van der Waals surface area contributed by atoms with Gasteiger partial charge < -0.3 is 4.74 Å². The fourth-order valence-corrected chi connectivity index (χ4v) is 1.89. The number of hydrogen-bond acceptors (Lipinski definition) is 4. The SMILES string of the molecule is CCOC(=O)c1cnc(-c2ccc(Cl)cc2C)nc1. The fraction of sp³-hybridized carbons (Fsp3) is 0.214. The van der Waals surface area contributed by atoms with Gasteiger partial charge in [0.25, 0.3) is 0 Å². The molecule has 98 valence electrons. The Morgan fingerprint density at radius 1 is 1.32 bits per heavy atom. The van der Waals surface area contributed by atoms with E-state index in [0.717, 1.165) is 11.1 Å². The summed E-state index contributed by atoms with van der Waals surface area (Å²) < 4.78 is 4.88. The predicted molar refractivity (Wildman–Crippen MR) is 73.2 cm³/mol. The van der Waals surface area contributed by atoms with E-state index in [4.69, 9.17) is 16.3 Å². The van der Waals surface area contributed by atoms with Crippen LogP contribution in [0.1, 0.15) is 22.8 Å². The van der Waals surface area contributed by atoms with Crippen LogP contribution in [0.5, 0.6) is 0 Å². The summed E-state index contributed by atoms with van der Waals surface area (Å²) in [5, 5.41) is 0.671. The van der Waals surface area contributed by atoms with Gasteiger partial charge in [-0.25, -0.2) is 14.8 Å². The molecule has 0 aliphatic carbocycles. The highest BCUT2D eigenvalue weighted by Crippen LogP contribution is 2.22. The standard InChI is InChI=1S/C14H13ClN2O2/c1-3-19-14(18)10-7-16-13(17-8-10)12-5-4-11(15)6-9(12)2/h4-8H,3H2,1-2H3. The van der Waals surface area contributed by atoms with Crippen LogP contribution in [0, 0.1) is 6.92 Å². The molecule has 0 amide bonds. The Hall–Kier alpha value is -1.94. The van der Waals surface area contributed by atoms with Crippen molar-refractivity contribution in [2.75, 3.05) is 6.61 Å². The first-order chi connectivity index (χ1) is 9.11. The highest BCUT2D eigenvalue weighted by molar-refractivity contribution is 6.30. The van der Waals surface area contributed by atoms with Crippen LogP contribution >= 0.6 is 11.6 Å². The van der Waals surface area contributed by atoms with E-state index in [1.54, 1.807) is 13.0 Å². The number of esters is 1. The third kappa shape index (κ3) is 3.09. The molecule has 2 rings (SSSR count). The van der Waals surface area contributed by atoms with Crippen LogP contribution in [0.2, 0.25) is 5.02 Å². The van der Waals surface area contributed by atoms with E-state index in [1.165, 1.54) is 12.4 Å². The molecule has 19 heavy (non-hydrogen) atoms. The van der Waals surface area contributed by atoms with Crippen molar-refractivity contribution in [3.63, 3.8) is 0 Å². The van der Waals surface area contributed by atoms with Crippen LogP contribution in [0.15, 0.2) is 30.6 Å². The summed E-state index contributed by atoms with van der Waals surface area (Å²) in [6.45, 7) is 4.02. The molecule has 0 spiro atoms. The van der Waals surface area contributed by atoms with Crippen molar-refractivity contribution in [2.45, 2.75) is 13.8 Å². The Morgan fingerprint density at radius 2 is 2.00 bits per heavy atom.